The van der Waals surface area contributed by atoms with Gasteiger partial charge in [-0.05, 0) is 11.6 Å². The van der Waals surface area contributed by atoms with Crippen molar-refractivity contribution in [1.82, 2.24) is 0 Å². The van der Waals surface area contributed by atoms with Crippen molar-refractivity contribution in [3.05, 3.63) is 42.0 Å². The molecular formula is C15H18NaO7-. The van der Waals surface area contributed by atoms with Gasteiger partial charge in [0.25, 0.3) is 0 Å². The summed E-state index contributed by atoms with van der Waals surface area (Å²) in [5.74, 6) is 0. The minimum absolute atomic E-state index is 0. The maximum atomic E-state index is 10.5. The Morgan fingerprint density at radius 1 is 1.04 bits per heavy atom. The summed E-state index contributed by atoms with van der Waals surface area (Å²) in [7, 11) is 3.79. The van der Waals surface area contributed by atoms with Gasteiger partial charge in [0.15, 0.2) is 0 Å². The molecule has 0 atom stereocenters. The van der Waals surface area contributed by atoms with Crippen molar-refractivity contribution in [2.24, 2.45) is 0 Å². The minimum atomic E-state index is -0.664. The van der Waals surface area contributed by atoms with Gasteiger partial charge in [0, 0.05) is 14.2 Å². The van der Waals surface area contributed by atoms with Crippen LogP contribution in [-0.4, -0.2) is 47.0 Å². The van der Waals surface area contributed by atoms with Crippen molar-refractivity contribution in [2.45, 2.75) is 0 Å². The fraction of sp³-hybridized carbons (Fsp3) is 0.267. The number of ether oxygens (including phenoxy) is 4. The average molecular weight is 333 g/mol. The van der Waals surface area contributed by atoms with Crippen LogP contribution in [0.4, 0.5) is 4.79 Å². The van der Waals surface area contributed by atoms with E-state index in [0.29, 0.717) is 0 Å². The first-order valence-corrected chi connectivity index (χ1v) is 5.88. The molecule has 1 aromatic carbocycles. The molecule has 0 unspecified atom stereocenters. The van der Waals surface area contributed by atoms with Crippen LogP contribution in [-0.2, 0) is 28.5 Å². The van der Waals surface area contributed by atoms with Crippen molar-refractivity contribution in [2.75, 3.05) is 27.9 Å². The summed E-state index contributed by atoms with van der Waals surface area (Å²) in [6.07, 6.45) is 2.97. The van der Waals surface area contributed by atoms with Gasteiger partial charge in [-0.3, -0.25) is 0 Å². The standard InChI is InChI=1S/C11H12O3.2C2H3O2.Na/c1-13-11(12)14-9-5-8-10-6-3-2-4-7-10;2*1-4-2-3;/h2-8H,9H2,1H3;2*1H3;/q;2*-1;+1/b8-5+;;;. The van der Waals surface area contributed by atoms with Gasteiger partial charge in [-0.2, -0.15) is 0 Å². The van der Waals surface area contributed by atoms with Gasteiger partial charge in [0.1, 0.15) is 6.61 Å². The monoisotopic (exact) mass is 333 g/mol. The summed E-state index contributed by atoms with van der Waals surface area (Å²) in [5.41, 5.74) is 1.07. The Hall–Kier alpha value is -1.83. The summed E-state index contributed by atoms with van der Waals surface area (Å²) in [4.78, 5) is 28.2. The number of rotatable bonds is 5. The molecule has 0 aliphatic rings. The van der Waals surface area contributed by atoms with Gasteiger partial charge in [-0.15, -0.1) is 0 Å². The molecule has 0 aliphatic heterocycles. The van der Waals surface area contributed by atoms with Crippen LogP contribution in [0.3, 0.4) is 0 Å². The Morgan fingerprint density at radius 2 is 1.52 bits per heavy atom. The summed E-state index contributed by atoms with van der Waals surface area (Å²) < 4.78 is 16.4. The zero-order valence-electron chi connectivity index (χ0n) is 13.6. The van der Waals surface area contributed by atoms with E-state index in [9.17, 15) is 4.79 Å². The summed E-state index contributed by atoms with van der Waals surface area (Å²) in [6, 6.07) is 9.77. The summed E-state index contributed by atoms with van der Waals surface area (Å²) in [5, 5.41) is 0. The quantitative estimate of drug-likeness (QED) is 0.292. The summed E-state index contributed by atoms with van der Waals surface area (Å²) >= 11 is 0. The molecule has 0 N–H and O–H groups in total. The fourth-order valence-electron chi connectivity index (χ4n) is 0.923. The molecule has 0 aromatic heterocycles. The van der Waals surface area contributed by atoms with Crippen molar-refractivity contribution in [3.63, 3.8) is 0 Å². The molecule has 0 aliphatic carbocycles. The normalized spacial score (nSPS) is 7.96. The van der Waals surface area contributed by atoms with E-state index in [1.165, 1.54) is 34.3 Å². The van der Waals surface area contributed by atoms with E-state index in [4.69, 9.17) is 9.59 Å². The number of hydrogen-bond acceptors (Lipinski definition) is 7. The largest absolute Gasteiger partial charge is 1.00 e. The predicted octanol–water partition coefficient (Wildman–Crippen LogP) is -1.11. The first-order chi connectivity index (χ1) is 10.7. The molecule has 0 radical (unpaired) electrons. The molecule has 8 heteroatoms. The van der Waals surface area contributed by atoms with Crippen LogP contribution in [0, 0.1) is 0 Å². The third kappa shape index (κ3) is 22.6. The van der Waals surface area contributed by atoms with Crippen LogP contribution in [0.1, 0.15) is 5.56 Å². The van der Waals surface area contributed by atoms with E-state index in [-0.39, 0.29) is 36.2 Å². The predicted molar refractivity (Wildman–Crippen MR) is 79.2 cm³/mol. The van der Waals surface area contributed by atoms with Crippen LogP contribution in [0.25, 0.3) is 6.08 Å². The fourth-order valence-corrected chi connectivity index (χ4v) is 0.923. The Bertz CT molecular complexity index is 413. The van der Waals surface area contributed by atoms with E-state index in [2.05, 4.69) is 18.9 Å². The van der Waals surface area contributed by atoms with Gasteiger partial charge in [0.05, 0.1) is 7.11 Å². The van der Waals surface area contributed by atoms with E-state index in [1.807, 2.05) is 36.4 Å². The van der Waals surface area contributed by atoms with E-state index in [0.717, 1.165) is 5.56 Å². The number of benzene rings is 1. The second-order valence-electron chi connectivity index (χ2n) is 3.15. The molecule has 122 valence electrons. The molecule has 1 aromatic rings. The molecule has 7 nitrogen and oxygen atoms in total. The number of carbonyl (C=O) groups excluding carboxylic acids is 3. The maximum Gasteiger partial charge on any atom is 1.00 e. The average Bonchev–Trinajstić information content (AvgIpc) is 2.59. The molecule has 0 bridgehead atoms. The van der Waals surface area contributed by atoms with Gasteiger partial charge in [-0.25, -0.2) is 4.79 Å². The molecule has 23 heavy (non-hydrogen) atoms. The zero-order chi connectivity index (χ0) is 17.1. The zero-order valence-corrected chi connectivity index (χ0v) is 15.6. The third-order valence-corrected chi connectivity index (χ3v) is 1.74. The second kappa shape index (κ2) is 22.5. The van der Waals surface area contributed by atoms with Gasteiger partial charge in [0.2, 0.25) is 0 Å². The molecule has 0 fully saturated rings. The minimum Gasteiger partial charge on any atom is -0.655 e. The molecule has 0 amide bonds. The molecule has 0 heterocycles. The molecule has 0 saturated carbocycles. The number of carbonyl (C=O) groups is 1. The number of hydrogen-bond donors (Lipinski definition) is 0. The Kier molecular flexibility index (Phi) is 25.5. The first-order valence-electron chi connectivity index (χ1n) is 5.88. The van der Waals surface area contributed by atoms with Crippen LogP contribution in [0.2, 0.25) is 0 Å². The van der Waals surface area contributed by atoms with Crippen LogP contribution < -0.4 is 29.6 Å². The van der Waals surface area contributed by atoms with Crippen molar-refractivity contribution in [3.8, 4) is 0 Å². The van der Waals surface area contributed by atoms with Gasteiger partial charge in [-0.1, -0.05) is 49.4 Å². The van der Waals surface area contributed by atoms with Crippen LogP contribution in [0.5, 0.6) is 0 Å². The third-order valence-electron chi connectivity index (χ3n) is 1.74. The molecule has 1 rings (SSSR count). The van der Waals surface area contributed by atoms with E-state index < -0.39 is 6.16 Å². The Morgan fingerprint density at radius 3 is 1.91 bits per heavy atom. The van der Waals surface area contributed by atoms with Crippen LogP contribution >= 0.6 is 0 Å². The van der Waals surface area contributed by atoms with Crippen LogP contribution in [0.15, 0.2) is 36.4 Å². The Labute approximate surface area is 157 Å². The van der Waals surface area contributed by atoms with Crippen molar-refractivity contribution < 1.29 is 62.9 Å². The maximum absolute atomic E-state index is 10.5. The smallest absolute Gasteiger partial charge is 0.655 e. The SMILES string of the molecule is COC(=O)OC/C=C/c1ccccc1.CO[C-]=O.CO[C-]=O.[Na+]. The van der Waals surface area contributed by atoms with Gasteiger partial charge >= 0.3 is 35.7 Å². The first kappa shape index (κ1) is 26.1. The molecule has 0 saturated heterocycles. The Balaban J connectivity index is -0.000000374. The summed E-state index contributed by atoms with van der Waals surface area (Å²) in [6.45, 7) is 2.58. The van der Waals surface area contributed by atoms with Gasteiger partial charge < -0.3 is 28.5 Å². The van der Waals surface area contributed by atoms with E-state index in [1.54, 1.807) is 6.08 Å². The van der Waals surface area contributed by atoms with Crippen molar-refractivity contribution in [1.29, 1.82) is 0 Å². The second-order valence-corrected chi connectivity index (χ2v) is 3.15. The molecular weight excluding hydrogens is 315 g/mol. The van der Waals surface area contributed by atoms with Crippen molar-refractivity contribution >= 4 is 25.2 Å². The topological polar surface area (TPSA) is 88.1 Å². The molecule has 0 spiro atoms. The number of methoxy groups -OCH3 is 3. The van der Waals surface area contributed by atoms with E-state index >= 15 is 0 Å².